The number of benzene rings is 1. The molecule has 0 heterocycles. The first kappa shape index (κ1) is 14.8. The second-order valence-electron chi connectivity index (χ2n) is 3.98. The summed E-state index contributed by atoms with van der Waals surface area (Å²) in [5.41, 5.74) is 0.941. The minimum Gasteiger partial charge on any atom is -0.313 e. The van der Waals surface area contributed by atoms with Crippen molar-refractivity contribution in [3.8, 4) is 0 Å². The van der Waals surface area contributed by atoms with Crippen LogP contribution in [0.25, 0.3) is 0 Å². The molecule has 4 heteroatoms. The number of nitrogens with one attached hydrogen (secondary N) is 1. The molecule has 0 amide bonds. The molecular weight excluding hydrogens is 257 g/mol. The molecule has 0 aliphatic rings. The summed E-state index contributed by atoms with van der Waals surface area (Å²) >= 11 is 7.51. The molecule has 0 unspecified atom stereocenters. The van der Waals surface area contributed by atoms with Crippen LogP contribution in [-0.4, -0.2) is 18.6 Å². The van der Waals surface area contributed by atoms with Crippen molar-refractivity contribution < 1.29 is 4.39 Å². The number of rotatable bonds is 8. The van der Waals surface area contributed by atoms with Crippen LogP contribution in [0.4, 0.5) is 4.39 Å². The van der Waals surface area contributed by atoms with Crippen molar-refractivity contribution in [1.29, 1.82) is 0 Å². The third-order valence-corrected chi connectivity index (χ3v) is 3.52. The van der Waals surface area contributed by atoms with E-state index in [1.54, 1.807) is 6.07 Å². The Morgan fingerprint density at radius 2 is 2.12 bits per heavy atom. The molecule has 0 aliphatic carbocycles. The summed E-state index contributed by atoms with van der Waals surface area (Å²) in [5, 5.41) is 3.49. The smallest absolute Gasteiger partial charge is 0.142 e. The SMILES string of the molecule is CSCCCCCNCc1ccc(Cl)c(F)c1. The normalized spacial score (nSPS) is 10.8. The van der Waals surface area contributed by atoms with Gasteiger partial charge in [0.25, 0.3) is 0 Å². The van der Waals surface area contributed by atoms with Crippen LogP contribution in [-0.2, 0) is 6.54 Å². The van der Waals surface area contributed by atoms with E-state index in [1.165, 1.54) is 31.1 Å². The Morgan fingerprint density at radius 3 is 2.82 bits per heavy atom. The summed E-state index contributed by atoms with van der Waals surface area (Å²) in [5.74, 6) is 0.897. The molecule has 0 bridgehead atoms. The lowest BCUT2D eigenvalue weighted by Gasteiger charge is -2.05. The first-order valence-electron chi connectivity index (χ1n) is 5.87. The van der Waals surface area contributed by atoms with E-state index in [4.69, 9.17) is 11.6 Å². The molecule has 1 rings (SSSR count). The number of hydrogen-bond donors (Lipinski definition) is 1. The van der Waals surface area contributed by atoms with E-state index in [-0.39, 0.29) is 10.8 Å². The molecule has 0 fully saturated rings. The molecule has 0 aromatic heterocycles. The first-order valence-corrected chi connectivity index (χ1v) is 7.65. The molecule has 96 valence electrons. The van der Waals surface area contributed by atoms with Crippen LogP contribution in [0.15, 0.2) is 18.2 Å². The van der Waals surface area contributed by atoms with Gasteiger partial charge < -0.3 is 5.32 Å². The van der Waals surface area contributed by atoms with Crippen LogP contribution in [0.3, 0.4) is 0 Å². The molecule has 1 nitrogen and oxygen atoms in total. The molecule has 17 heavy (non-hydrogen) atoms. The minimum absolute atomic E-state index is 0.186. The van der Waals surface area contributed by atoms with Crippen molar-refractivity contribution in [3.05, 3.63) is 34.6 Å². The van der Waals surface area contributed by atoms with Crippen molar-refractivity contribution in [2.24, 2.45) is 0 Å². The standard InChI is InChI=1S/C13H19ClFNS/c1-17-8-4-2-3-7-16-10-11-5-6-12(14)13(15)9-11/h5-6,9,16H,2-4,7-8,10H2,1H3. The van der Waals surface area contributed by atoms with Gasteiger partial charge in [-0.25, -0.2) is 4.39 Å². The van der Waals surface area contributed by atoms with Crippen LogP contribution in [0.2, 0.25) is 5.02 Å². The second kappa shape index (κ2) is 8.78. The Bertz CT molecular complexity index is 333. The summed E-state index contributed by atoms with van der Waals surface area (Å²) in [6, 6.07) is 4.95. The topological polar surface area (TPSA) is 12.0 Å². The predicted molar refractivity (Wildman–Crippen MR) is 75.3 cm³/mol. The molecule has 0 saturated heterocycles. The van der Waals surface area contributed by atoms with Gasteiger partial charge in [-0.05, 0) is 49.1 Å². The Hall–Kier alpha value is -0.250. The monoisotopic (exact) mass is 275 g/mol. The largest absolute Gasteiger partial charge is 0.313 e. The summed E-state index contributed by atoms with van der Waals surface area (Å²) < 4.78 is 13.1. The molecule has 0 spiro atoms. The molecule has 0 atom stereocenters. The van der Waals surface area contributed by atoms with Gasteiger partial charge in [0, 0.05) is 6.54 Å². The lowest BCUT2D eigenvalue weighted by molar-refractivity contribution is 0.606. The maximum absolute atomic E-state index is 13.1. The average Bonchev–Trinajstić information content (AvgIpc) is 2.32. The van der Waals surface area contributed by atoms with Crippen molar-refractivity contribution in [2.45, 2.75) is 25.8 Å². The van der Waals surface area contributed by atoms with Crippen molar-refractivity contribution >= 4 is 23.4 Å². The molecule has 0 radical (unpaired) electrons. The van der Waals surface area contributed by atoms with E-state index in [2.05, 4.69) is 11.6 Å². The van der Waals surface area contributed by atoms with E-state index < -0.39 is 0 Å². The quantitative estimate of drug-likeness (QED) is 0.717. The number of thioether (sulfide) groups is 1. The number of halogens is 2. The molecule has 1 N–H and O–H groups in total. The van der Waals surface area contributed by atoms with Crippen molar-refractivity contribution in [3.63, 3.8) is 0 Å². The first-order chi connectivity index (χ1) is 8.24. The fraction of sp³-hybridized carbons (Fsp3) is 0.538. The van der Waals surface area contributed by atoms with Crippen LogP contribution in [0.5, 0.6) is 0 Å². The Morgan fingerprint density at radius 1 is 1.29 bits per heavy atom. The van der Waals surface area contributed by atoms with Crippen LogP contribution < -0.4 is 5.32 Å². The second-order valence-corrected chi connectivity index (χ2v) is 5.37. The van der Waals surface area contributed by atoms with E-state index in [0.717, 1.165) is 12.1 Å². The van der Waals surface area contributed by atoms with Crippen LogP contribution in [0, 0.1) is 5.82 Å². The lowest BCUT2D eigenvalue weighted by atomic mass is 10.2. The van der Waals surface area contributed by atoms with Gasteiger partial charge in [-0.1, -0.05) is 24.1 Å². The molecule has 1 aromatic carbocycles. The van der Waals surface area contributed by atoms with Crippen LogP contribution >= 0.6 is 23.4 Å². The highest BCUT2D eigenvalue weighted by atomic mass is 35.5. The van der Waals surface area contributed by atoms with Gasteiger partial charge in [0.1, 0.15) is 5.82 Å². The minimum atomic E-state index is -0.342. The summed E-state index contributed by atoms with van der Waals surface area (Å²) in [6.45, 7) is 1.69. The predicted octanol–water partition coefficient (Wildman–Crippen LogP) is 4.10. The molecule has 1 aromatic rings. The average molecular weight is 276 g/mol. The van der Waals surface area contributed by atoms with Gasteiger partial charge in [-0.3, -0.25) is 0 Å². The van der Waals surface area contributed by atoms with Gasteiger partial charge in [-0.2, -0.15) is 11.8 Å². The highest BCUT2D eigenvalue weighted by Crippen LogP contribution is 2.15. The molecule has 0 saturated carbocycles. The van der Waals surface area contributed by atoms with Crippen molar-refractivity contribution in [2.75, 3.05) is 18.6 Å². The Balaban J connectivity index is 2.11. The van der Waals surface area contributed by atoms with Crippen LogP contribution in [0.1, 0.15) is 24.8 Å². The van der Waals surface area contributed by atoms with E-state index in [0.29, 0.717) is 6.54 Å². The third-order valence-electron chi connectivity index (χ3n) is 2.52. The third kappa shape index (κ3) is 6.29. The molecular formula is C13H19ClFNS. The zero-order chi connectivity index (χ0) is 12.5. The summed E-state index contributed by atoms with van der Waals surface area (Å²) in [6.07, 6.45) is 5.84. The van der Waals surface area contributed by atoms with E-state index in [9.17, 15) is 4.39 Å². The maximum atomic E-state index is 13.1. The van der Waals surface area contributed by atoms with E-state index >= 15 is 0 Å². The molecule has 0 aliphatic heterocycles. The summed E-state index contributed by atoms with van der Waals surface area (Å²) in [4.78, 5) is 0. The fourth-order valence-electron chi connectivity index (χ4n) is 1.56. The highest BCUT2D eigenvalue weighted by molar-refractivity contribution is 7.98. The number of unbranched alkanes of at least 4 members (excludes halogenated alkanes) is 2. The van der Waals surface area contributed by atoms with Gasteiger partial charge >= 0.3 is 0 Å². The van der Waals surface area contributed by atoms with Gasteiger partial charge in [0.15, 0.2) is 0 Å². The van der Waals surface area contributed by atoms with Gasteiger partial charge in [0.05, 0.1) is 5.02 Å². The Kier molecular flexibility index (Phi) is 7.65. The van der Waals surface area contributed by atoms with E-state index in [1.807, 2.05) is 17.8 Å². The zero-order valence-electron chi connectivity index (χ0n) is 10.1. The fourth-order valence-corrected chi connectivity index (χ4v) is 2.17. The maximum Gasteiger partial charge on any atom is 0.142 e. The lowest BCUT2D eigenvalue weighted by Crippen LogP contribution is -2.14. The van der Waals surface area contributed by atoms with Gasteiger partial charge in [0.2, 0.25) is 0 Å². The number of hydrogen-bond acceptors (Lipinski definition) is 2. The van der Waals surface area contributed by atoms with Gasteiger partial charge in [-0.15, -0.1) is 0 Å². The summed E-state index contributed by atoms with van der Waals surface area (Å²) in [7, 11) is 0. The Labute approximate surface area is 112 Å². The van der Waals surface area contributed by atoms with Crippen molar-refractivity contribution in [1.82, 2.24) is 5.32 Å². The highest BCUT2D eigenvalue weighted by Gasteiger charge is 2.00. The zero-order valence-corrected chi connectivity index (χ0v) is 11.7.